The molecule has 2 rings (SSSR count). The summed E-state index contributed by atoms with van der Waals surface area (Å²) in [6.45, 7) is 2.57. The van der Waals surface area contributed by atoms with Gasteiger partial charge >= 0.3 is 0 Å². The Morgan fingerprint density at radius 3 is 2.50 bits per heavy atom. The number of nitrogens with one attached hydrogen (secondary N) is 2. The van der Waals surface area contributed by atoms with Gasteiger partial charge in [0.05, 0.1) is 26.8 Å². The van der Waals surface area contributed by atoms with Gasteiger partial charge in [-0.15, -0.1) is 0 Å². The Bertz CT molecular complexity index is 839. The summed E-state index contributed by atoms with van der Waals surface area (Å²) in [7, 11) is 0. The molecule has 0 saturated carbocycles. The van der Waals surface area contributed by atoms with Gasteiger partial charge in [-0.3, -0.25) is 19.7 Å². The Hall–Kier alpha value is -2.93. The van der Waals surface area contributed by atoms with Crippen LogP contribution >= 0.6 is 11.6 Å². The number of nitro groups is 1. The molecule has 0 aliphatic carbocycles. The molecule has 0 radical (unpaired) electrons. The first-order valence-electron chi connectivity index (χ1n) is 8.06. The van der Waals surface area contributed by atoms with Crippen molar-refractivity contribution < 1.29 is 14.5 Å². The topological polar surface area (TPSA) is 101 Å². The Kier molecular flexibility index (Phi) is 6.68. The molecule has 2 aromatic carbocycles. The lowest BCUT2D eigenvalue weighted by molar-refractivity contribution is -0.384. The van der Waals surface area contributed by atoms with E-state index < -0.39 is 10.8 Å². The van der Waals surface area contributed by atoms with Crippen molar-refractivity contribution in [2.45, 2.75) is 19.8 Å². The van der Waals surface area contributed by atoms with Crippen molar-refractivity contribution in [2.75, 3.05) is 11.9 Å². The lowest BCUT2D eigenvalue weighted by atomic mass is 10.1. The molecule has 0 atom stereocenters. The number of amides is 2. The van der Waals surface area contributed by atoms with E-state index in [9.17, 15) is 19.7 Å². The first-order chi connectivity index (χ1) is 12.4. The van der Waals surface area contributed by atoms with Gasteiger partial charge in [-0.25, -0.2) is 0 Å². The summed E-state index contributed by atoms with van der Waals surface area (Å²) in [5.74, 6) is -0.845. The molecule has 0 aliphatic heterocycles. The minimum atomic E-state index is -0.594. The number of hydrogen-bond acceptors (Lipinski definition) is 4. The second kappa shape index (κ2) is 8.96. The molecule has 8 heteroatoms. The number of hydrogen-bond donors (Lipinski definition) is 2. The number of carbonyl (C=O) groups excluding carboxylic acids is 2. The maximum Gasteiger partial charge on any atom is 0.270 e. The zero-order chi connectivity index (χ0) is 19.1. The van der Waals surface area contributed by atoms with E-state index in [4.69, 9.17) is 11.6 Å². The minimum Gasteiger partial charge on any atom is -0.352 e. The smallest absolute Gasteiger partial charge is 0.270 e. The quantitative estimate of drug-likeness (QED) is 0.433. The Balaban J connectivity index is 2.19. The summed E-state index contributed by atoms with van der Waals surface area (Å²) >= 11 is 5.98. The Morgan fingerprint density at radius 2 is 1.85 bits per heavy atom. The number of non-ortho nitro benzene ring substituents is 1. The van der Waals surface area contributed by atoms with E-state index in [0.717, 1.165) is 18.9 Å². The zero-order valence-corrected chi connectivity index (χ0v) is 14.9. The molecule has 136 valence electrons. The van der Waals surface area contributed by atoms with Gasteiger partial charge in [0.25, 0.3) is 17.5 Å². The third-order valence-electron chi connectivity index (χ3n) is 3.64. The molecule has 0 aliphatic rings. The summed E-state index contributed by atoms with van der Waals surface area (Å²) in [6.07, 6.45) is 1.82. The molecule has 7 nitrogen and oxygen atoms in total. The van der Waals surface area contributed by atoms with Crippen LogP contribution in [0.2, 0.25) is 5.02 Å². The van der Waals surface area contributed by atoms with E-state index >= 15 is 0 Å². The van der Waals surface area contributed by atoms with E-state index in [0.29, 0.717) is 17.8 Å². The average molecular weight is 376 g/mol. The van der Waals surface area contributed by atoms with Crippen LogP contribution in [0.1, 0.15) is 40.5 Å². The number of halogens is 1. The molecule has 0 spiro atoms. The third kappa shape index (κ3) is 4.80. The minimum absolute atomic E-state index is 0.0402. The number of nitrogens with zero attached hydrogens (tertiary/aromatic N) is 1. The number of carbonyl (C=O) groups is 2. The van der Waals surface area contributed by atoms with Crippen molar-refractivity contribution in [1.29, 1.82) is 0 Å². The van der Waals surface area contributed by atoms with Gasteiger partial charge in [0, 0.05) is 18.7 Å². The molecule has 0 bridgehead atoms. The predicted octanol–water partition coefficient (Wildman–Crippen LogP) is 4.03. The molecule has 2 amide bonds. The van der Waals surface area contributed by atoms with Crippen molar-refractivity contribution in [3.63, 3.8) is 0 Å². The monoisotopic (exact) mass is 375 g/mol. The maximum absolute atomic E-state index is 12.5. The summed E-state index contributed by atoms with van der Waals surface area (Å²) in [4.78, 5) is 34.9. The van der Waals surface area contributed by atoms with E-state index in [1.165, 1.54) is 12.1 Å². The third-order valence-corrected chi connectivity index (χ3v) is 3.96. The van der Waals surface area contributed by atoms with Crippen molar-refractivity contribution in [3.05, 3.63) is 68.7 Å². The van der Waals surface area contributed by atoms with Crippen molar-refractivity contribution >= 4 is 34.8 Å². The van der Waals surface area contributed by atoms with Crippen molar-refractivity contribution in [2.24, 2.45) is 0 Å². The first-order valence-corrected chi connectivity index (χ1v) is 8.44. The van der Waals surface area contributed by atoms with Crippen LogP contribution in [0.3, 0.4) is 0 Å². The van der Waals surface area contributed by atoms with Gasteiger partial charge in [0.2, 0.25) is 0 Å². The fraction of sp³-hybridized carbons (Fsp3) is 0.222. The normalized spacial score (nSPS) is 10.2. The fourth-order valence-corrected chi connectivity index (χ4v) is 2.52. The molecule has 2 N–H and O–H groups in total. The highest BCUT2D eigenvalue weighted by Crippen LogP contribution is 2.24. The van der Waals surface area contributed by atoms with Crippen LogP contribution in [0.25, 0.3) is 0 Å². The Labute approximate surface area is 155 Å². The summed E-state index contributed by atoms with van der Waals surface area (Å²) in [5, 5.41) is 16.1. The predicted molar refractivity (Wildman–Crippen MR) is 99.7 cm³/mol. The highest BCUT2D eigenvalue weighted by Gasteiger charge is 2.17. The highest BCUT2D eigenvalue weighted by molar-refractivity contribution is 6.34. The fourth-order valence-electron chi connectivity index (χ4n) is 2.26. The molecule has 2 aromatic rings. The maximum atomic E-state index is 12.5. The van der Waals surface area contributed by atoms with Gasteiger partial charge in [-0.1, -0.05) is 37.1 Å². The number of benzene rings is 2. The SMILES string of the molecule is CCCCNC(=O)c1ccccc1NC(=O)c1ccc([N+](=O)[O-])cc1Cl. The van der Waals surface area contributed by atoms with E-state index in [2.05, 4.69) is 10.6 Å². The molecule has 0 aromatic heterocycles. The van der Waals surface area contributed by atoms with Gasteiger partial charge in [0.1, 0.15) is 0 Å². The lowest BCUT2D eigenvalue weighted by Gasteiger charge is -2.12. The van der Waals surface area contributed by atoms with E-state index in [1.807, 2.05) is 6.92 Å². The number of anilines is 1. The zero-order valence-electron chi connectivity index (χ0n) is 14.1. The molecular formula is C18H18ClN3O4. The number of nitro benzene ring substituents is 1. The molecule has 26 heavy (non-hydrogen) atoms. The molecule has 0 heterocycles. The van der Waals surface area contributed by atoms with Crippen LogP contribution < -0.4 is 10.6 Å². The Morgan fingerprint density at radius 1 is 1.12 bits per heavy atom. The van der Waals surface area contributed by atoms with E-state index in [1.54, 1.807) is 24.3 Å². The van der Waals surface area contributed by atoms with Crippen LogP contribution in [-0.4, -0.2) is 23.3 Å². The average Bonchev–Trinajstić information content (AvgIpc) is 2.62. The van der Waals surface area contributed by atoms with Crippen LogP contribution in [0.4, 0.5) is 11.4 Å². The van der Waals surface area contributed by atoms with Crippen LogP contribution in [-0.2, 0) is 0 Å². The molecule has 0 saturated heterocycles. The largest absolute Gasteiger partial charge is 0.352 e. The van der Waals surface area contributed by atoms with Gasteiger partial charge in [-0.2, -0.15) is 0 Å². The molecule has 0 fully saturated rings. The van der Waals surface area contributed by atoms with Crippen LogP contribution in [0.5, 0.6) is 0 Å². The lowest BCUT2D eigenvalue weighted by Crippen LogP contribution is -2.26. The highest BCUT2D eigenvalue weighted by atomic mass is 35.5. The first kappa shape index (κ1) is 19.4. The van der Waals surface area contributed by atoms with Gasteiger partial charge in [0.15, 0.2) is 0 Å². The van der Waals surface area contributed by atoms with Crippen molar-refractivity contribution in [1.82, 2.24) is 5.32 Å². The van der Waals surface area contributed by atoms with E-state index in [-0.39, 0.29) is 22.2 Å². The number of para-hydroxylation sites is 1. The summed E-state index contributed by atoms with van der Waals surface area (Å²) in [5.41, 5.74) is 0.539. The summed E-state index contributed by atoms with van der Waals surface area (Å²) in [6, 6.07) is 10.2. The second-order valence-electron chi connectivity index (χ2n) is 5.53. The van der Waals surface area contributed by atoms with Gasteiger partial charge < -0.3 is 10.6 Å². The van der Waals surface area contributed by atoms with Crippen LogP contribution in [0.15, 0.2) is 42.5 Å². The standard InChI is InChI=1S/C18H18ClN3O4/c1-2-3-10-20-17(23)14-6-4-5-7-16(14)21-18(24)13-9-8-12(22(25)26)11-15(13)19/h4-9,11H,2-3,10H2,1H3,(H,20,23)(H,21,24). The molecular weight excluding hydrogens is 358 g/mol. The van der Waals surface area contributed by atoms with Crippen molar-refractivity contribution in [3.8, 4) is 0 Å². The van der Waals surface area contributed by atoms with Crippen LogP contribution in [0, 0.1) is 10.1 Å². The second-order valence-corrected chi connectivity index (χ2v) is 5.94. The van der Waals surface area contributed by atoms with Gasteiger partial charge in [-0.05, 0) is 24.6 Å². The number of rotatable bonds is 7. The molecule has 0 unspecified atom stereocenters. The summed E-state index contributed by atoms with van der Waals surface area (Å²) < 4.78 is 0. The number of unbranched alkanes of at least 4 members (excludes halogenated alkanes) is 1.